The molecule has 5 heteroatoms. The van der Waals surface area contributed by atoms with Crippen LogP contribution in [0.4, 0.5) is 0 Å². The molecule has 0 aliphatic rings. The van der Waals surface area contributed by atoms with E-state index in [0.29, 0.717) is 12.1 Å². The van der Waals surface area contributed by atoms with Gasteiger partial charge in [-0.25, -0.2) is 4.79 Å². The number of nitrogens with one attached hydrogen (secondary N) is 1. The molecule has 5 nitrogen and oxygen atoms in total. The normalized spacial score (nSPS) is 10.9. The summed E-state index contributed by atoms with van der Waals surface area (Å²) in [5, 5.41) is 12.3. The number of benzene rings is 1. The number of rotatable bonds is 9. The lowest BCUT2D eigenvalue weighted by Gasteiger charge is -2.16. The first-order chi connectivity index (χ1) is 9.15. The van der Waals surface area contributed by atoms with Crippen LogP contribution in [-0.4, -0.2) is 56.4 Å². The highest BCUT2D eigenvalue weighted by molar-refractivity contribution is 5.89. The Balaban J connectivity index is 2.31. The van der Waals surface area contributed by atoms with Gasteiger partial charge in [0.25, 0.3) is 0 Å². The monoisotopic (exact) mass is 266 g/mol. The number of hydrogen-bond donors (Lipinski definition) is 2. The van der Waals surface area contributed by atoms with Crippen LogP contribution in [-0.2, 0) is 11.3 Å². The van der Waals surface area contributed by atoms with E-state index in [-0.39, 0.29) is 0 Å². The van der Waals surface area contributed by atoms with Crippen molar-refractivity contribution in [2.45, 2.75) is 6.54 Å². The molecule has 2 N–H and O–H groups in total. The number of likely N-dealkylation sites (N-methyl/N-ethyl adjacent to an activating group) is 1. The van der Waals surface area contributed by atoms with Crippen molar-refractivity contribution in [3.63, 3.8) is 0 Å². The maximum Gasteiger partial charge on any atom is 0.336 e. The minimum Gasteiger partial charge on any atom is -0.478 e. The van der Waals surface area contributed by atoms with Crippen LogP contribution in [0.2, 0.25) is 0 Å². The highest BCUT2D eigenvalue weighted by Gasteiger charge is 2.08. The lowest BCUT2D eigenvalue weighted by Crippen LogP contribution is -2.31. The second-order valence-electron chi connectivity index (χ2n) is 4.44. The molecule has 1 rings (SSSR count). The van der Waals surface area contributed by atoms with Gasteiger partial charge in [0.1, 0.15) is 0 Å². The third kappa shape index (κ3) is 5.83. The van der Waals surface area contributed by atoms with Gasteiger partial charge in [0, 0.05) is 33.3 Å². The van der Waals surface area contributed by atoms with E-state index in [1.807, 2.05) is 19.2 Å². The third-order valence-corrected chi connectivity index (χ3v) is 2.91. The molecule has 0 aliphatic heterocycles. The quantitative estimate of drug-likeness (QED) is 0.654. The minimum atomic E-state index is -0.880. The Morgan fingerprint density at radius 3 is 2.79 bits per heavy atom. The maximum absolute atomic E-state index is 11.0. The Morgan fingerprint density at radius 1 is 1.37 bits per heavy atom. The Morgan fingerprint density at radius 2 is 2.11 bits per heavy atom. The van der Waals surface area contributed by atoms with E-state index in [0.717, 1.165) is 31.8 Å². The molecule has 0 fully saturated rings. The maximum atomic E-state index is 11.0. The number of carboxylic acids is 1. The lowest BCUT2D eigenvalue weighted by atomic mass is 10.1. The molecule has 0 unspecified atom stereocenters. The molecule has 0 amide bonds. The summed E-state index contributed by atoms with van der Waals surface area (Å²) in [6.07, 6.45) is 0. The summed E-state index contributed by atoms with van der Waals surface area (Å²) in [7, 11) is 3.72. The summed E-state index contributed by atoms with van der Waals surface area (Å²) in [4.78, 5) is 13.2. The number of aromatic carboxylic acids is 1. The molecule has 0 aliphatic carbocycles. The standard InChI is InChI=1S/C14H22N2O3/c1-16(9-10-19-2)8-7-15-11-12-5-3-4-6-13(12)14(17)18/h3-6,15H,7-11H2,1-2H3,(H,17,18). The summed E-state index contributed by atoms with van der Waals surface area (Å²) in [5.41, 5.74) is 1.18. The Kier molecular flexibility index (Phi) is 7.10. The molecule has 0 bridgehead atoms. The summed E-state index contributed by atoms with van der Waals surface area (Å²) >= 11 is 0. The van der Waals surface area contributed by atoms with Gasteiger partial charge >= 0.3 is 5.97 Å². The highest BCUT2D eigenvalue weighted by Crippen LogP contribution is 2.08. The molecule has 1 aromatic carbocycles. The van der Waals surface area contributed by atoms with Crippen molar-refractivity contribution < 1.29 is 14.6 Å². The second-order valence-corrected chi connectivity index (χ2v) is 4.44. The first-order valence-electron chi connectivity index (χ1n) is 6.34. The van der Waals surface area contributed by atoms with E-state index in [4.69, 9.17) is 9.84 Å². The fourth-order valence-electron chi connectivity index (χ4n) is 1.73. The van der Waals surface area contributed by atoms with Crippen LogP contribution < -0.4 is 5.32 Å². The van der Waals surface area contributed by atoms with E-state index in [2.05, 4.69) is 10.2 Å². The van der Waals surface area contributed by atoms with E-state index in [1.165, 1.54) is 0 Å². The van der Waals surface area contributed by atoms with Crippen LogP contribution in [0.5, 0.6) is 0 Å². The number of methoxy groups -OCH3 is 1. The summed E-state index contributed by atoms with van der Waals surface area (Å²) in [6, 6.07) is 7.06. The van der Waals surface area contributed by atoms with E-state index >= 15 is 0 Å². The van der Waals surface area contributed by atoms with Crippen LogP contribution in [0.25, 0.3) is 0 Å². The molecule has 0 saturated carbocycles. The van der Waals surface area contributed by atoms with Crippen molar-refractivity contribution in [3.05, 3.63) is 35.4 Å². The fraction of sp³-hybridized carbons (Fsp3) is 0.500. The van der Waals surface area contributed by atoms with Gasteiger partial charge in [-0.3, -0.25) is 0 Å². The molecule has 19 heavy (non-hydrogen) atoms. The second kappa shape index (κ2) is 8.63. The molecule has 0 aromatic heterocycles. The van der Waals surface area contributed by atoms with E-state index in [1.54, 1.807) is 19.2 Å². The van der Waals surface area contributed by atoms with Gasteiger partial charge in [0.15, 0.2) is 0 Å². The van der Waals surface area contributed by atoms with Crippen LogP contribution in [0, 0.1) is 0 Å². The Bertz CT molecular complexity index is 396. The van der Waals surface area contributed by atoms with E-state index < -0.39 is 5.97 Å². The number of hydrogen-bond acceptors (Lipinski definition) is 4. The van der Waals surface area contributed by atoms with Gasteiger partial charge in [-0.1, -0.05) is 18.2 Å². The Hall–Kier alpha value is -1.43. The predicted molar refractivity (Wildman–Crippen MR) is 74.5 cm³/mol. The highest BCUT2D eigenvalue weighted by atomic mass is 16.5. The zero-order valence-corrected chi connectivity index (χ0v) is 11.6. The molecule has 0 spiro atoms. The van der Waals surface area contributed by atoms with Gasteiger partial charge in [-0.05, 0) is 18.7 Å². The summed E-state index contributed by atoms with van der Waals surface area (Å²) in [5.74, 6) is -0.880. The molecule has 106 valence electrons. The zero-order chi connectivity index (χ0) is 14.1. The summed E-state index contributed by atoms with van der Waals surface area (Å²) in [6.45, 7) is 3.90. The average molecular weight is 266 g/mol. The first kappa shape index (κ1) is 15.6. The van der Waals surface area contributed by atoms with Gasteiger partial charge < -0.3 is 20.1 Å². The molecular formula is C14H22N2O3. The minimum absolute atomic E-state index is 0.364. The fourth-order valence-corrected chi connectivity index (χ4v) is 1.73. The zero-order valence-electron chi connectivity index (χ0n) is 11.6. The van der Waals surface area contributed by atoms with Crippen LogP contribution in [0.1, 0.15) is 15.9 Å². The smallest absolute Gasteiger partial charge is 0.336 e. The lowest BCUT2D eigenvalue weighted by molar-refractivity contribution is 0.0695. The molecular weight excluding hydrogens is 244 g/mol. The van der Waals surface area contributed by atoms with Crippen molar-refractivity contribution in [2.24, 2.45) is 0 Å². The topological polar surface area (TPSA) is 61.8 Å². The third-order valence-electron chi connectivity index (χ3n) is 2.91. The van der Waals surface area contributed by atoms with Gasteiger partial charge in [0.05, 0.1) is 12.2 Å². The molecule has 0 atom stereocenters. The molecule has 0 radical (unpaired) electrons. The molecule has 0 saturated heterocycles. The van der Waals surface area contributed by atoms with Crippen molar-refractivity contribution in [2.75, 3.05) is 40.4 Å². The van der Waals surface area contributed by atoms with Gasteiger partial charge in [-0.2, -0.15) is 0 Å². The predicted octanol–water partition coefficient (Wildman–Crippen LogP) is 1.05. The van der Waals surface area contributed by atoms with Crippen molar-refractivity contribution in [1.82, 2.24) is 10.2 Å². The van der Waals surface area contributed by atoms with Crippen LogP contribution in [0.3, 0.4) is 0 Å². The van der Waals surface area contributed by atoms with Crippen molar-refractivity contribution in [3.8, 4) is 0 Å². The number of ether oxygens (including phenoxy) is 1. The average Bonchev–Trinajstić information content (AvgIpc) is 2.41. The summed E-state index contributed by atoms with van der Waals surface area (Å²) < 4.78 is 5.00. The SMILES string of the molecule is COCCN(C)CCNCc1ccccc1C(=O)O. The van der Waals surface area contributed by atoms with Gasteiger partial charge in [-0.15, -0.1) is 0 Å². The van der Waals surface area contributed by atoms with Crippen molar-refractivity contribution >= 4 is 5.97 Å². The number of carbonyl (C=O) groups is 1. The first-order valence-corrected chi connectivity index (χ1v) is 6.34. The number of nitrogens with zero attached hydrogens (tertiary/aromatic N) is 1. The number of carboxylic acid groups (broad SMARTS) is 1. The van der Waals surface area contributed by atoms with Crippen LogP contribution >= 0.6 is 0 Å². The van der Waals surface area contributed by atoms with Gasteiger partial charge in [0.2, 0.25) is 0 Å². The van der Waals surface area contributed by atoms with Crippen molar-refractivity contribution in [1.29, 1.82) is 0 Å². The Labute approximate surface area is 114 Å². The van der Waals surface area contributed by atoms with Crippen LogP contribution in [0.15, 0.2) is 24.3 Å². The molecule has 1 aromatic rings. The van der Waals surface area contributed by atoms with E-state index in [9.17, 15) is 4.79 Å². The largest absolute Gasteiger partial charge is 0.478 e. The molecule has 0 heterocycles.